The molecule has 0 saturated carbocycles. The van der Waals surface area contributed by atoms with Crippen LogP contribution in [-0.2, 0) is 6.42 Å². The van der Waals surface area contributed by atoms with Gasteiger partial charge in [0.1, 0.15) is 5.82 Å². The molecule has 0 bridgehead atoms. The minimum atomic E-state index is -0.374. The van der Waals surface area contributed by atoms with Crippen LogP contribution in [0.1, 0.15) is 5.56 Å². The van der Waals surface area contributed by atoms with E-state index in [1.54, 1.807) is 30.3 Å². The molecule has 6 heteroatoms. The molecule has 3 nitrogen and oxygen atoms in total. The van der Waals surface area contributed by atoms with E-state index in [4.69, 9.17) is 23.2 Å². The zero-order valence-corrected chi connectivity index (χ0v) is 12.5. The predicted molar refractivity (Wildman–Crippen MR) is 83.6 cm³/mol. The molecule has 0 spiro atoms. The Morgan fingerprint density at radius 2 is 1.81 bits per heavy atom. The van der Waals surface area contributed by atoms with Crippen LogP contribution >= 0.6 is 23.2 Å². The van der Waals surface area contributed by atoms with Gasteiger partial charge in [-0.2, -0.15) is 0 Å². The van der Waals surface area contributed by atoms with E-state index in [9.17, 15) is 9.18 Å². The van der Waals surface area contributed by atoms with Gasteiger partial charge in [0.25, 0.3) is 0 Å². The number of amides is 2. The lowest BCUT2D eigenvalue weighted by Gasteiger charge is -2.09. The second-order valence-electron chi connectivity index (χ2n) is 4.38. The van der Waals surface area contributed by atoms with E-state index < -0.39 is 0 Å². The van der Waals surface area contributed by atoms with E-state index in [0.717, 1.165) is 5.56 Å². The van der Waals surface area contributed by atoms with Crippen LogP contribution in [0.15, 0.2) is 42.5 Å². The van der Waals surface area contributed by atoms with Gasteiger partial charge in [-0.15, -0.1) is 0 Å². The lowest BCUT2D eigenvalue weighted by Crippen LogP contribution is -2.30. The Bertz CT molecular complexity index is 632. The second-order valence-corrected chi connectivity index (χ2v) is 5.23. The maximum absolute atomic E-state index is 12.7. The number of benzene rings is 2. The molecule has 2 amide bonds. The van der Waals surface area contributed by atoms with Crippen molar-refractivity contribution in [2.24, 2.45) is 0 Å². The molecule has 0 unspecified atom stereocenters. The third-order valence-corrected chi connectivity index (χ3v) is 3.35. The van der Waals surface area contributed by atoms with Crippen molar-refractivity contribution in [2.45, 2.75) is 6.42 Å². The maximum Gasteiger partial charge on any atom is 0.319 e. The fraction of sp³-hybridized carbons (Fsp3) is 0.133. The standard InChI is InChI=1S/C15H13Cl2FN2O/c16-11-3-6-13(17)14(9-11)20-15(21)19-8-7-10-1-4-12(18)5-2-10/h1-6,9H,7-8H2,(H2,19,20,21). The molecule has 2 rings (SSSR count). The van der Waals surface area contributed by atoms with Gasteiger partial charge in [0.05, 0.1) is 10.7 Å². The summed E-state index contributed by atoms with van der Waals surface area (Å²) in [7, 11) is 0. The zero-order chi connectivity index (χ0) is 15.2. The Kier molecular flexibility index (Phi) is 5.42. The maximum atomic E-state index is 12.7. The number of urea groups is 1. The molecule has 2 aromatic carbocycles. The van der Waals surface area contributed by atoms with Crippen molar-refractivity contribution in [3.63, 3.8) is 0 Å². The molecule has 2 aromatic rings. The monoisotopic (exact) mass is 326 g/mol. The average molecular weight is 327 g/mol. The van der Waals surface area contributed by atoms with Gasteiger partial charge in [-0.1, -0.05) is 35.3 Å². The van der Waals surface area contributed by atoms with E-state index in [-0.39, 0.29) is 11.8 Å². The summed E-state index contributed by atoms with van der Waals surface area (Å²) in [6.45, 7) is 0.426. The van der Waals surface area contributed by atoms with Crippen LogP contribution in [0, 0.1) is 5.82 Å². The first-order chi connectivity index (χ1) is 10.0. The van der Waals surface area contributed by atoms with Crippen molar-refractivity contribution in [2.75, 3.05) is 11.9 Å². The molecule has 0 aliphatic heterocycles. The molecule has 21 heavy (non-hydrogen) atoms. The summed E-state index contributed by atoms with van der Waals surface area (Å²) >= 11 is 11.8. The Labute approximate surface area is 132 Å². The van der Waals surface area contributed by atoms with Gasteiger partial charge < -0.3 is 10.6 Å². The predicted octanol–water partition coefficient (Wildman–Crippen LogP) is 4.50. The molecule has 0 atom stereocenters. The fourth-order valence-corrected chi connectivity index (χ4v) is 2.07. The highest BCUT2D eigenvalue weighted by Crippen LogP contribution is 2.25. The number of nitrogens with one attached hydrogen (secondary N) is 2. The molecule has 0 heterocycles. The summed E-state index contributed by atoms with van der Waals surface area (Å²) in [5.41, 5.74) is 1.39. The number of carbonyl (C=O) groups excluding carboxylic acids is 1. The summed E-state index contributed by atoms with van der Waals surface area (Å²) in [5, 5.41) is 6.21. The highest BCUT2D eigenvalue weighted by Gasteiger charge is 2.06. The smallest absolute Gasteiger partial charge is 0.319 e. The van der Waals surface area contributed by atoms with Gasteiger partial charge in [-0.25, -0.2) is 9.18 Å². The lowest BCUT2D eigenvalue weighted by molar-refractivity contribution is 0.252. The quantitative estimate of drug-likeness (QED) is 0.853. The minimum Gasteiger partial charge on any atom is -0.338 e. The van der Waals surface area contributed by atoms with Gasteiger partial charge in [0.2, 0.25) is 0 Å². The van der Waals surface area contributed by atoms with Crippen LogP contribution in [-0.4, -0.2) is 12.6 Å². The number of hydrogen-bond donors (Lipinski definition) is 2. The topological polar surface area (TPSA) is 41.1 Å². The number of rotatable bonds is 4. The molecule has 0 saturated heterocycles. The Morgan fingerprint density at radius 1 is 1.10 bits per heavy atom. The van der Waals surface area contributed by atoms with Gasteiger partial charge in [0, 0.05) is 11.6 Å². The van der Waals surface area contributed by atoms with Crippen LogP contribution in [0.3, 0.4) is 0 Å². The Balaban J connectivity index is 1.82. The van der Waals surface area contributed by atoms with Crippen molar-refractivity contribution in [3.05, 3.63) is 63.9 Å². The van der Waals surface area contributed by atoms with Crippen molar-refractivity contribution in [3.8, 4) is 0 Å². The third-order valence-electron chi connectivity index (χ3n) is 2.79. The Morgan fingerprint density at radius 3 is 2.52 bits per heavy atom. The number of halogens is 3. The van der Waals surface area contributed by atoms with Crippen LogP contribution in [0.25, 0.3) is 0 Å². The molecule has 0 aromatic heterocycles. The molecule has 0 radical (unpaired) electrons. The molecular weight excluding hydrogens is 314 g/mol. The number of carbonyl (C=O) groups is 1. The van der Waals surface area contributed by atoms with Gasteiger partial charge in [0.15, 0.2) is 0 Å². The molecular formula is C15H13Cl2FN2O. The molecule has 0 aliphatic rings. The van der Waals surface area contributed by atoms with Crippen LogP contribution in [0.5, 0.6) is 0 Å². The molecule has 110 valence electrons. The summed E-state index contributed by atoms with van der Waals surface area (Å²) in [6.07, 6.45) is 0.608. The van der Waals surface area contributed by atoms with E-state index in [2.05, 4.69) is 10.6 Å². The fourth-order valence-electron chi connectivity index (χ4n) is 1.73. The highest BCUT2D eigenvalue weighted by atomic mass is 35.5. The van der Waals surface area contributed by atoms with E-state index in [1.165, 1.54) is 12.1 Å². The van der Waals surface area contributed by atoms with Crippen molar-refractivity contribution < 1.29 is 9.18 Å². The highest BCUT2D eigenvalue weighted by molar-refractivity contribution is 6.35. The first-order valence-corrected chi connectivity index (χ1v) is 7.04. The van der Waals surface area contributed by atoms with Crippen molar-refractivity contribution in [1.29, 1.82) is 0 Å². The first-order valence-electron chi connectivity index (χ1n) is 6.29. The molecule has 0 aliphatic carbocycles. The van der Waals surface area contributed by atoms with Crippen molar-refractivity contribution >= 4 is 34.9 Å². The minimum absolute atomic E-state index is 0.278. The summed E-state index contributed by atoms with van der Waals surface area (Å²) in [5.74, 6) is -0.278. The first kappa shape index (κ1) is 15.6. The van der Waals surface area contributed by atoms with Crippen LogP contribution < -0.4 is 10.6 Å². The van der Waals surface area contributed by atoms with Gasteiger partial charge in [-0.3, -0.25) is 0 Å². The van der Waals surface area contributed by atoms with Gasteiger partial charge >= 0.3 is 6.03 Å². The second kappa shape index (κ2) is 7.29. The Hall–Kier alpha value is -1.78. The average Bonchev–Trinajstić information content (AvgIpc) is 2.45. The van der Waals surface area contributed by atoms with E-state index in [0.29, 0.717) is 28.7 Å². The summed E-state index contributed by atoms with van der Waals surface area (Å²) in [6, 6.07) is 10.6. The summed E-state index contributed by atoms with van der Waals surface area (Å²) in [4.78, 5) is 11.7. The van der Waals surface area contributed by atoms with E-state index >= 15 is 0 Å². The number of anilines is 1. The van der Waals surface area contributed by atoms with E-state index in [1.807, 2.05) is 0 Å². The molecule has 2 N–H and O–H groups in total. The van der Waals surface area contributed by atoms with Crippen molar-refractivity contribution in [1.82, 2.24) is 5.32 Å². The van der Waals surface area contributed by atoms with Gasteiger partial charge in [-0.05, 0) is 42.3 Å². The largest absolute Gasteiger partial charge is 0.338 e. The third kappa shape index (κ3) is 4.92. The normalized spacial score (nSPS) is 10.2. The lowest BCUT2D eigenvalue weighted by atomic mass is 10.1. The van der Waals surface area contributed by atoms with Crippen LogP contribution in [0.2, 0.25) is 10.0 Å². The number of hydrogen-bond acceptors (Lipinski definition) is 1. The zero-order valence-electron chi connectivity index (χ0n) is 11.0. The van der Waals surface area contributed by atoms with Crippen LogP contribution in [0.4, 0.5) is 14.9 Å². The molecule has 0 fully saturated rings. The summed E-state index contributed by atoms with van der Waals surface area (Å²) < 4.78 is 12.7. The SMILES string of the molecule is O=C(NCCc1ccc(F)cc1)Nc1cc(Cl)ccc1Cl.